The van der Waals surface area contributed by atoms with Crippen LogP contribution in [0.15, 0.2) is 66.7 Å². The second-order valence-corrected chi connectivity index (χ2v) is 7.32. The molecule has 0 saturated carbocycles. The number of rotatable bonds is 5. The first-order valence-electron chi connectivity index (χ1n) is 10.2. The molecule has 3 aromatic rings. The minimum Gasteiger partial charge on any atom is -0.465 e. The highest BCUT2D eigenvalue weighted by atomic mass is 79.9. The Morgan fingerprint density at radius 3 is 1.67 bits per heavy atom. The normalized spacial score (nSPS) is 9.53. The van der Waals surface area contributed by atoms with Crippen LogP contribution in [0, 0.1) is 11.6 Å². The molecule has 36 heavy (non-hydrogen) atoms. The maximum absolute atomic E-state index is 13.1. The van der Waals surface area contributed by atoms with Gasteiger partial charge in [-0.05, 0) is 53.6 Å². The molecule has 0 N–H and O–H groups in total. The third-order valence-corrected chi connectivity index (χ3v) is 4.97. The highest BCUT2D eigenvalue weighted by molar-refractivity contribution is 9.08. The van der Waals surface area contributed by atoms with Gasteiger partial charge in [0.05, 0.1) is 38.0 Å². The van der Waals surface area contributed by atoms with Gasteiger partial charge in [0.1, 0.15) is 18.3 Å². The first-order chi connectivity index (χ1) is 17.2. The molecule has 0 aliphatic heterocycles. The van der Waals surface area contributed by atoms with Crippen molar-refractivity contribution < 1.29 is 41.8 Å². The number of hydrogen-bond acceptors (Lipinski definition) is 6. The molecule has 0 heterocycles. The van der Waals surface area contributed by atoms with Crippen molar-refractivity contribution in [1.29, 1.82) is 0 Å². The smallest absolute Gasteiger partial charge is 0.337 e. The standard InChI is InChI=1S/C9H8BrFO2.C9H9FO2.C8H7FO2/c1-13-9(12)6-2-3-7(5-10)8(11)4-6;1-12-9(11)8-4-2-3-7(5-8)6-10;1-11-8(10)6-3-2-4-7(9)5-6/h2-4H,5H2,1H3;2-5H,6H2,1H3;2-5H,1H3. The van der Waals surface area contributed by atoms with E-state index in [1.807, 2.05) is 0 Å². The second-order valence-electron chi connectivity index (χ2n) is 6.76. The van der Waals surface area contributed by atoms with Crippen molar-refractivity contribution in [3.05, 3.63) is 106 Å². The summed E-state index contributed by atoms with van der Waals surface area (Å²) in [6.45, 7) is -0.565. The van der Waals surface area contributed by atoms with Gasteiger partial charge < -0.3 is 14.2 Å². The SMILES string of the molecule is COC(=O)c1ccc(CBr)c(F)c1.COC(=O)c1cccc(CF)c1.COC(=O)c1cccc(F)c1. The third-order valence-electron chi connectivity index (χ3n) is 4.37. The second kappa shape index (κ2) is 16.1. The molecule has 0 unspecified atom stereocenters. The number of esters is 3. The van der Waals surface area contributed by atoms with Crippen molar-refractivity contribution in [2.75, 3.05) is 21.3 Å². The van der Waals surface area contributed by atoms with Gasteiger partial charge in [-0.15, -0.1) is 0 Å². The lowest BCUT2D eigenvalue weighted by atomic mass is 10.1. The van der Waals surface area contributed by atoms with Crippen LogP contribution >= 0.6 is 15.9 Å². The van der Waals surface area contributed by atoms with Crippen LogP contribution in [0.5, 0.6) is 0 Å². The zero-order valence-corrected chi connectivity index (χ0v) is 21.3. The van der Waals surface area contributed by atoms with Crippen molar-refractivity contribution in [3.8, 4) is 0 Å². The lowest BCUT2D eigenvalue weighted by Crippen LogP contribution is -2.02. The van der Waals surface area contributed by atoms with Crippen LogP contribution in [0.2, 0.25) is 0 Å². The van der Waals surface area contributed by atoms with Crippen LogP contribution < -0.4 is 0 Å². The maximum Gasteiger partial charge on any atom is 0.337 e. The molecule has 10 heteroatoms. The fourth-order valence-electron chi connectivity index (χ4n) is 2.53. The van der Waals surface area contributed by atoms with Crippen LogP contribution in [-0.2, 0) is 26.2 Å². The summed E-state index contributed by atoms with van der Waals surface area (Å²) >= 11 is 3.13. The number of methoxy groups -OCH3 is 3. The van der Waals surface area contributed by atoms with Gasteiger partial charge in [-0.3, -0.25) is 0 Å². The Bertz CT molecular complexity index is 1170. The van der Waals surface area contributed by atoms with Gasteiger partial charge in [0.25, 0.3) is 0 Å². The van der Waals surface area contributed by atoms with E-state index >= 15 is 0 Å². The number of hydrogen-bond donors (Lipinski definition) is 0. The first-order valence-corrected chi connectivity index (χ1v) is 11.3. The van der Waals surface area contributed by atoms with Crippen molar-refractivity contribution in [2.45, 2.75) is 12.0 Å². The lowest BCUT2D eigenvalue weighted by molar-refractivity contribution is 0.0591. The molecule has 0 bridgehead atoms. The summed E-state index contributed by atoms with van der Waals surface area (Å²) in [5, 5.41) is 0.431. The van der Waals surface area contributed by atoms with Crippen LogP contribution in [0.4, 0.5) is 13.2 Å². The average molecular weight is 569 g/mol. The topological polar surface area (TPSA) is 78.9 Å². The average Bonchev–Trinajstić information content (AvgIpc) is 2.92. The van der Waals surface area contributed by atoms with Gasteiger partial charge >= 0.3 is 17.9 Å². The molecular weight excluding hydrogens is 545 g/mol. The Morgan fingerprint density at radius 1 is 0.722 bits per heavy atom. The van der Waals surface area contributed by atoms with Crippen LogP contribution in [0.1, 0.15) is 42.2 Å². The third kappa shape index (κ3) is 9.91. The van der Waals surface area contributed by atoms with Crippen molar-refractivity contribution in [1.82, 2.24) is 0 Å². The van der Waals surface area contributed by atoms with E-state index in [1.54, 1.807) is 24.3 Å². The summed E-state index contributed by atoms with van der Waals surface area (Å²) < 4.78 is 51.0. The van der Waals surface area contributed by atoms with Gasteiger partial charge in [0.2, 0.25) is 0 Å². The predicted molar refractivity (Wildman–Crippen MR) is 131 cm³/mol. The molecule has 0 amide bonds. The van der Waals surface area contributed by atoms with E-state index in [1.165, 1.54) is 57.7 Å². The lowest BCUT2D eigenvalue weighted by Gasteiger charge is -2.01. The predicted octanol–water partition coefficient (Wildman–Crippen LogP) is 6.06. The number of carbonyl (C=O) groups excluding carboxylic acids is 3. The van der Waals surface area contributed by atoms with Gasteiger partial charge in [0.15, 0.2) is 0 Å². The molecule has 0 aliphatic rings. The minimum atomic E-state index is -0.565. The molecule has 0 fully saturated rings. The monoisotopic (exact) mass is 568 g/mol. The Kier molecular flexibility index (Phi) is 13.6. The van der Waals surface area contributed by atoms with Crippen molar-refractivity contribution in [2.24, 2.45) is 0 Å². The Hall–Kier alpha value is -3.66. The molecular formula is C26H24BrF3O6. The quantitative estimate of drug-likeness (QED) is 0.211. The molecule has 0 aliphatic carbocycles. The number of benzene rings is 3. The molecule has 3 aromatic carbocycles. The number of alkyl halides is 2. The van der Waals surface area contributed by atoms with Crippen LogP contribution in [0.3, 0.4) is 0 Å². The van der Waals surface area contributed by atoms with Gasteiger partial charge in [-0.25, -0.2) is 27.6 Å². The summed E-state index contributed by atoms with van der Waals surface area (Å²) in [7, 11) is 3.82. The summed E-state index contributed by atoms with van der Waals surface area (Å²) in [5.74, 6) is -2.33. The number of carbonyl (C=O) groups is 3. The zero-order chi connectivity index (χ0) is 27.1. The molecule has 6 nitrogen and oxygen atoms in total. The van der Waals surface area contributed by atoms with E-state index in [9.17, 15) is 27.6 Å². The number of halogens is 4. The molecule has 0 saturated heterocycles. The van der Waals surface area contributed by atoms with Gasteiger partial charge in [-0.2, -0.15) is 0 Å². The summed E-state index contributed by atoms with van der Waals surface area (Å²) in [6, 6.07) is 15.9. The first kappa shape index (κ1) is 30.4. The Balaban J connectivity index is 0.000000271. The van der Waals surface area contributed by atoms with Crippen LogP contribution in [-0.4, -0.2) is 39.2 Å². The highest BCUT2D eigenvalue weighted by Gasteiger charge is 2.08. The Labute approximate surface area is 215 Å². The molecule has 0 aromatic heterocycles. The van der Waals surface area contributed by atoms with E-state index in [0.717, 1.165) is 6.07 Å². The maximum atomic E-state index is 13.1. The van der Waals surface area contributed by atoms with E-state index in [-0.39, 0.29) is 11.1 Å². The Morgan fingerprint density at radius 2 is 1.22 bits per heavy atom. The van der Waals surface area contributed by atoms with Gasteiger partial charge in [-0.1, -0.05) is 40.2 Å². The zero-order valence-electron chi connectivity index (χ0n) is 19.7. The van der Waals surface area contributed by atoms with E-state index in [4.69, 9.17) is 0 Å². The molecule has 0 spiro atoms. The largest absolute Gasteiger partial charge is 0.465 e. The summed E-state index contributed by atoms with van der Waals surface area (Å²) in [4.78, 5) is 32.7. The van der Waals surface area contributed by atoms with E-state index in [0.29, 0.717) is 22.0 Å². The number of ether oxygens (including phenoxy) is 3. The summed E-state index contributed by atoms with van der Waals surface area (Å²) in [6.07, 6.45) is 0. The molecule has 3 rings (SSSR count). The van der Waals surface area contributed by atoms with Crippen molar-refractivity contribution >= 4 is 33.8 Å². The molecule has 192 valence electrons. The molecule has 0 atom stereocenters. The highest BCUT2D eigenvalue weighted by Crippen LogP contribution is 2.14. The van der Waals surface area contributed by atoms with Gasteiger partial charge in [0, 0.05) is 5.33 Å². The molecule has 0 radical (unpaired) electrons. The summed E-state index contributed by atoms with van der Waals surface area (Å²) in [5.41, 5.74) is 1.84. The fourth-order valence-corrected chi connectivity index (χ4v) is 2.99. The van der Waals surface area contributed by atoms with E-state index < -0.39 is 36.2 Å². The van der Waals surface area contributed by atoms with Crippen LogP contribution in [0.25, 0.3) is 0 Å². The minimum absolute atomic E-state index is 0.227. The fraction of sp³-hybridized carbons (Fsp3) is 0.192. The van der Waals surface area contributed by atoms with Crippen molar-refractivity contribution in [3.63, 3.8) is 0 Å². The van der Waals surface area contributed by atoms with E-state index in [2.05, 4.69) is 30.1 Å².